The Labute approximate surface area is 90.1 Å². The molecule has 14 heavy (non-hydrogen) atoms. The second kappa shape index (κ2) is 3.06. The molecule has 2 aromatic rings. The lowest BCUT2D eigenvalue weighted by molar-refractivity contribution is 0.790. The molecule has 0 saturated carbocycles. The lowest BCUT2D eigenvalue weighted by Crippen LogP contribution is -2.06. The highest BCUT2D eigenvalue weighted by Gasteiger charge is 2.19. The topological polar surface area (TPSA) is 4.93 Å². The molecule has 0 aliphatic carbocycles. The van der Waals surface area contributed by atoms with Crippen LogP contribution >= 0.6 is 12.6 Å². The van der Waals surface area contributed by atoms with E-state index in [0.717, 1.165) is 0 Å². The summed E-state index contributed by atoms with van der Waals surface area (Å²) >= 11 is 4.62. The summed E-state index contributed by atoms with van der Waals surface area (Å²) in [5.41, 5.74) is 2.56. The number of aryl methyl sites for hydroxylation is 1. The van der Waals surface area contributed by atoms with Gasteiger partial charge in [0.05, 0.1) is 0 Å². The summed E-state index contributed by atoms with van der Waals surface area (Å²) in [7, 11) is 2.07. The molecule has 1 aromatic carbocycles. The maximum absolute atomic E-state index is 4.62. The normalized spacial score (nSPS) is 12.3. The summed E-state index contributed by atoms with van der Waals surface area (Å²) in [6.45, 7) is 4.25. The molecule has 2 rings (SSSR count). The number of rotatable bonds is 1. The number of hydrogen-bond donors (Lipinski definition) is 1. The van der Waals surface area contributed by atoms with E-state index in [4.69, 9.17) is 0 Å². The predicted molar refractivity (Wildman–Crippen MR) is 64.9 cm³/mol. The van der Waals surface area contributed by atoms with Crippen LogP contribution in [0.3, 0.4) is 0 Å². The molecule has 1 nitrogen and oxygen atoms in total. The van der Waals surface area contributed by atoms with E-state index in [1.807, 2.05) is 0 Å². The maximum Gasteiger partial charge on any atom is 0.0481 e. The molecule has 0 aliphatic rings. The molecule has 0 bridgehead atoms. The molecule has 1 heterocycles. The van der Waals surface area contributed by atoms with Crippen LogP contribution in [-0.2, 0) is 11.8 Å². The lowest BCUT2D eigenvalue weighted by atomic mass is 10.0. The van der Waals surface area contributed by atoms with Crippen molar-refractivity contribution in [2.24, 2.45) is 7.05 Å². The van der Waals surface area contributed by atoms with Crippen LogP contribution in [0.2, 0.25) is 0 Å². The summed E-state index contributed by atoms with van der Waals surface area (Å²) in [6.07, 6.45) is 2.16. The largest absolute Gasteiger partial charge is 0.350 e. The van der Waals surface area contributed by atoms with E-state index >= 15 is 0 Å². The molecule has 0 aliphatic heterocycles. The van der Waals surface area contributed by atoms with E-state index in [0.29, 0.717) is 0 Å². The van der Waals surface area contributed by atoms with Crippen LogP contribution in [0.5, 0.6) is 0 Å². The average Bonchev–Trinajstić information content (AvgIpc) is 2.44. The van der Waals surface area contributed by atoms with E-state index in [1.165, 1.54) is 16.5 Å². The SMILES string of the molecule is Cn1cc(C(C)(C)S)c2ccccc21. The summed E-state index contributed by atoms with van der Waals surface area (Å²) in [5.74, 6) is 0. The van der Waals surface area contributed by atoms with Crippen molar-refractivity contribution in [2.75, 3.05) is 0 Å². The first kappa shape index (κ1) is 9.66. The van der Waals surface area contributed by atoms with Gasteiger partial charge in [0.25, 0.3) is 0 Å². The fourth-order valence-corrected chi connectivity index (χ4v) is 2.01. The minimum Gasteiger partial charge on any atom is -0.350 e. The maximum atomic E-state index is 4.62. The van der Waals surface area contributed by atoms with Gasteiger partial charge >= 0.3 is 0 Å². The summed E-state index contributed by atoms with van der Waals surface area (Å²) in [5, 5.41) is 1.30. The summed E-state index contributed by atoms with van der Waals surface area (Å²) in [6, 6.07) is 8.43. The Morgan fingerprint density at radius 1 is 1.21 bits per heavy atom. The fourth-order valence-electron chi connectivity index (χ4n) is 1.83. The molecule has 0 amide bonds. The third-order valence-corrected chi connectivity index (χ3v) is 2.80. The van der Waals surface area contributed by atoms with Gasteiger partial charge in [-0.2, -0.15) is 12.6 Å². The Hall–Kier alpha value is -0.890. The first-order chi connectivity index (χ1) is 6.50. The smallest absolute Gasteiger partial charge is 0.0481 e. The van der Waals surface area contributed by atoms with Crippen molar-refractivity contribution in [3.8, 4) is 0 Å². The van der Waals surface area contributed by atoms with Gasteiger partial charge in [-0.3, -0.25) is 0 Å². The fraction of sp³-hybridized carbons (Fsp3) is 0.333. The molecule has 0 spiro atoms. The van der Waals surface area contributed by atoms with Gasteiger partial charge < -0.3 is 4.57 Å². The Kier molecular flexibility index (Phi) is 2.11. The Balaban J connectivity index is 2.80. The number of thiol groups is 1. The monoisotopic (exact) mass is 205 g/mol. The van der Waals surface area contributed by atoms with Crippen LogP contribution in [0.4, 0.5) is 0 Å². The van der Waals surface area contributed by atoms with Crippen LogP contribution in [0.25, 0.3) is 10.9 Å². The number of benzene rings is 1. The molecule has 0 radical (unpaired) electrons. The van der Waals surface area contributed by atoms with Crippen molar-refractivity contribution in [3.63, 3.8) is 0 Å². The summed E-state index contributed by atoms with van der Waals surface area (Å²) < 4.78 is 2.07. The van der Waals surface area contributed by atoms with E-state index in [9.17, 15) is 0 Å². The first-order valence-corrected chi connectivity index (χ1v) is 5.22. The number of hydrogen-bond acceptors (Lipinski definition) is 1. The highest BCUT2D eigenvalue weighted by molar-refractivity contribution is 7.81. The second-order valence-electron chi connectivity index (χ2n) is 4.23. The number of fused-ring (bicyclic) bond motifs is 1. The number of aromatic nitrogens is 1. The minimum atomic E-state index is -0.0825. The highest BCUT2D eigenvalue weighted by Crippen LogP contribution is 2.33. The van der Waals surface area contributed by atoms with E-state index in [-0.39, 0.29) is 4.75 Å². The predicted octanol–water partition coefficient (Wildman–Crippen LogP) is 3.34. The van der Waals surface area contributed by atoms with Crippen molar-refractivity contribution in [1.29, 1.82) is 0 Å². The number of para-hydroxylation sites is 1. The summed E-state index contributed by atoms with van der Waals surface area (Å²) in [4.78, 5) is 0. The van der Waals surface area contributed by atoms with Gasteiger partial charge in [-0.1, -0.05) is 18.2 Å². The lowest BCUT2D eigenvalue weighted by Gasteiger charge is -2.16. The first-order valence-electron chi connectivity index (χ1n) is 4.77. The van der Waals surface area contributed by atoms with Crippen LogP contribution in [0.1, 0.15) is 19.4 Å². The van der Waals surface area contributed by atoms with Crippen LogP contribution < -0.4 is 0 Å². The molecular weight excluding hydrogens is 190 g/mol. The van der Waals surface area contributed by atoms with Gasteiger partial charge in [-0.25, -0.2) is 0 Å². The second-order valence-corrected chi connectivity index (χ2v) is 5.35. The Morgan fingerprint density at radius 2 is 1.86 bits per heavy atom. The molecule has 0 saturated heterocycles. The van der Waals surface area contributed by atoms with Gasteiger partial charge in [0.2, 0.25) is 0 Å². The molecule has 0 unspecified atom stereocenters. The van der Waals surface area contributed by atoms with Crippen LogP contribution in [-0.4, -0.2) is 4.57 Å². The molecule has 0 atom stereocenters. The molecule has 2 heteroatoms. The third-order valence-electron chi connectivity index (χ3n) is 2.56. The van der Waals surface area contributed by atoms with E-state index in [1.54, 1.807) is 0 Å². The van der Waals surface area contributed by atoms with Crippen molar-refractivity contribution >= 4 is 23.5 Å². The standard InChI is InChI=1S/C12H15NS/c1-12(2,14)10-8-13(3)11-7-5-4-6-9(10)11/h4-8,14H,1-3H3. The average molecular weight is 205 g/mol. The van der Waals surface area contributed by atoms with Crippen LogP contribution in [0, 0.1) is 0 Å². The van der Waals surface area contributed by atoms with Gasteiger partial charge in [-0.05, 0) is 25.5 Å². The zero-order valence-corrected chi connectivity index (χ0v) is 9.68. The van der Waals surface area contributed by atoms with Gasteiger partial charge in [0.15, 0.2) is 0 Å². The molecule has 0 N–H and O–H groups in total. The Bertz CT molecular complexity index is 463. The van der Waals surface area contributed by atoms with Crippen molar-refractivity contribution in [2.45, 2.75) is 18.6 Å². The van der Waals surface area contributed by atoms with Crippen molar-refractivity contribution in [3.05, 3.63) is 36.0 Å². The Morgan fingerprint density at radius 3 is 2.50 bits per heavy atom. The van der Waals surface area contributed by atoms with Crippen molar-refractivity contribution in [1.82, 2.24) is 4.57 Å². The quantitative estimate of drug-likeness (QED) is 0.681. The molecule has 74 valence electrons. The molecule has 0 fully saturated rings. The van der Waals surface area contributed by atoms with Gasteiger partial charge in [0, 0.05) is 28.9 Å². The number of nitrogens with zero attached hydrogens (tertiary/aromatic N) is 1. The zero-order valence-electron chi connectivity index (χ0n) is 8.78. The third kappa shape index (κ3) is 1.44. The zero-order chi connectivity index (χ0) is 10.3. The van der Waals surface area contributed by atoms with Gasteiger partial charge in [0.1, 0.15) is 0 Å². The van der Waals surface area contributed by atoms with Crippen molar-refractivity contribution < 1.29 is 0 Å². The highest BCUT2D eigenvalue weighted by atomic mass is 32.1. The van der Waals surface area contributed by atoms with E-state index < -0.39 is 0 Å². The van der Waals surface area contributed by atoms with Crippen LogP contribution in [0.15, 0.2) is 30.5 Å². The minimum absolute atomic E-state index is 0.0825. The van der Waals surface area contributed by atoms with E-state index in [2.05, 4.69) is 68.6 Å². The molecule has 1 aromatic heterocycles. The molecular formula is C12H15NS. The van der Waals surface area contributed by atoms with Gasteiger partial charge in [-0.15, -0.1) is 0 Å².